The standard InChI is InChI=1S/C44H74N4O9/c1-14-30(8)40(47(11)43(52)38(28(4)5)45-42(51)39(29(6)7)46(10)24-22-27(2)3)35(55-12)26-37(50)48-23-18-21-33(48)41(56-13)31(9)34(49)25-36(44(53)54)57-32-19-16-15-17-20-32/h15-17,19-20,27-31,33,35-36,38-41H,14,18,21-26H2,1-13H3,(H,45,51)(H,53,54)/t30-,31-,33-,35+,36+,38-,39-,40-,41+/m0/s1. The number of carboxylic acids is 1. The van der Waals surface area contributed by atoms with Gasteiger partial charge in [0.05, 0.1) is 43.2 Å². The van der Waals surface area contributed by atoms with E-state index in [0.29, 0.717) is 37.5 Å². The van der Waals surface area contributed by atoms with Gasteiger partial charge in [-0.15, -0.1) is 0 Å². The number of ether oxygens (including phenoxy) is 3. The Kier molecular flexibility index (Phi) is 20.7. The summed E-state index contributed by atoms with van der Waals surface area (Å²) in [6.07, 6.45) is -0.116. The number of carbonyl (C=O) groups excluding carboxylic acids is 4. The number of likely N-dealkylation sites (N-methyl/N-ethyl adjacent to an activating group) is 2. The van der Waals surface area contributed by atoms with E-state index in [1.165, 1.54) is 7.11 Å². The van der Waals surface area contributed by atoms with Crippen LogP contribution in [0.5, 0.6) is 5.75 Å². The molecule has 1 fully saturated rings. The third-order valence-corrected chi connectivity index (χ3v) is 11.7. The Balaban J connectivity index is 2.28. The Hall–Kier alpha value is -3.55. The van der Waals surface area contributed by atoms with Crippen LogP contribution in [0.15, 0.2) is 30.3 Å². The molecule has 0 aliphatic carbocycles. The van der Waals surface area contributed by atoms with Crippen molar-refractivity contribution in [3.63, 3.8) is 0 Å². The lowest BCUT2D eigenvalue weighted by molar-refractivity contribution is -0.149. The van der Waals surface area contributed by atoms with Crippen molar-refractivity contribution in [1.29, 1.82) is 0 Å². The number of likely N-dealkylation sites (tertiary alicyclic amines) is 1. The number of nitrogens with one attached hydrogen (secondary N) is 1. The Morgan fingerprint density at radius 2 is 1.54 bits per heavy atom. The van der Waals surface area contributed by atoms with Gasteiger partial charge in [0.2, 0.25) is 23.8 Å². The smallest absolute Gasteiger partial charge is 0.345 e. The minimum atomic E-state index is -1.38. The predicted molar refractivity (Wildman–Crippen MR) is 222 cm³/mol. The fourth-order valence-corrected chi connectivity index (χ4v) is 8.14. The van der Waals surface area contributed by atoms with Gasteiger partial charge >= 0.3 is 5.97 Å². The molecular formula is C44H74N4O9. The second kappa shape index (κ2) is 23.8. The molecule has 3 amide bonds. The van der Waals surface area contributed by atoms with Crippen LogP contribution in [0.2, 0.25) is 0 Å². The Labute approximate surface area is 342 Å². The first-order valence-electron chi connectivity index (χ1n) is 20.9. The highest BCUT2D eigenvalue weighted by Crippen LogP contribution is 2.30. The van der Waals surface area contributed by atoms with Gasteiger partial charge in [-0.05, 0) is 68.7 Å². The average molecular weight is 803 g/mol. The maximum atomic E-state index is 14.4. The van der Waals surface area contributed by atoms with E-state index in [0.717, 1.165) is 13.0 Å². The maximum Gasteiger partial charge on any atom is 0.345 e. The zero-order chi connectivity index (χ0) is 43.1. The highest BCUT2D eigenvalue weighted by Gasteiger charge is 2.43. The molecule has 2 rings (SSSR count). The quantitative estimate of drug-likeness (QED) is 0.129. The van der Waals surface area contributed by atoms with E-state index >= 15 is 0 Å². The molecule has 13 heteroatoms. The summed E-state index contributed by atoms with van der Waals surface area (Å²) in [4.78, 5) is 73.6. The van der Waals surface area contributed by atoms with E-state index in [1.54, 1.807) is 61.2 Å². The number of hydrogen-bond donors (Lipinski definition) is 2. The van der Waals surface area contributed by atoms with E-state index in [4.69, 9.17) is 14.2 Å². The van der Waals surface area contributed by atoms with Crippen LogP contribution in [0.25, 0.3) is 0 Å². The third-order valence-electron chi connectivity index (χ3n) is 11.7. The van der Waals surface area contributed by atoms with Gasteiger partial charge in [-0.1, -0.05) is 86.9 Å². The summed E-state index contributed by atoms with van der Waals surface area (Å²) >= 11 is 0. The van der Waals surface area contributed by atoms with Gasteiger partial charge in [0.1, 0.15) is 17.6 Å². The maximum absolute atomic E-state index is 14.4. The third kappa shape index (κ3) is 14.1. The second-order valence-corrected chi connectivity index (χ2v) is 17.1. The molecule has 13 nitrogen and oxygen atoms in total. The van der Waals surface area contributed by atoms with Crippen LogP contribution in [0.3, 0.4) is 0 Å². The fraction of sp³-hybridized carbons (Fsp3) is 0.750. The van der Waals surface area contributed by atoms with E-state index in [9.17, 15) is 29.1 Å². The van der Waals surface area contributed by atoms with Crippen LogP contribution in [-0.4, -0.2) is 133 Å². The van der Waals surface area contributed by atoms with E-state index in [1.807, 2.05) is 48.6 Å². The first kappa shape index (κ1) is 49.6. The van der Waals surface area contributed by atoms with Gasteiger partial charge < -0.3 is 34.4 Å². The molecule has 324 valence electrons. The van der Waals surface area contributed by atoms with Crippen molar-refractivity contribution in [2.75, 3.05) is 41.4 Å². The first-order chi connectivity index (χ1) is 26.8. The number of rotatable bonds is 25. The monoisotopic (exact) mass is 803 g/mol. The van der Waals surface area contributed by atoms with Crippen molar-refractivity contribution in [3.05, 3.63) is 30.3 Å². The lowest BCUT2D eigenvalue weighted by Gasteiger charge is -2.41. The summed E-state index contributed by atoms with van der Waals surface area (Å²) in [6, 6.07) is 6.40. The SMILES string of the molecule is CC[C@H](C)[C@@H]([C@@H](CC(=O)N1CCC[C@H]1[C@H](OC)[C@@H](C)C(=O)C[C@@H](Oc1ccccc1)C(=O)O)OC)N(C)C(=O)[C@@H](NC(=O)[C@H](C(C)C)N(C)CCC(C)C)C(C)C. The van der Waals surface area contributed by atoms with Gasteiger partial charge in [-0.3, -0.25) is 24.1 Å². The number of carbonyl (C=O) groups is 5. The number of carboxylic acid groups (broad SMARTS) is 1. The van der Waals surface area contributed by atoms with Crippen LogP contribution in [-0.2, 0) is 33.4 Å². The van der Waals surface area contributed by atoms with Crippen molar-refractivity contribution in [3.8, 4) is 5.75 Å². The molecule has 57 heavy (non-hydrogen) atoms. The Morgan fingerprint density at radius 3 is 2.05 bits per heavy atom. The molecule has 0 bridgehead atoms. The molecule has 1 aromatic carbocycles. The summed E-state index contributed by atoms with van der Waals surface area (Å²) in [5, 5.41) is 12.9. The zero-order valence-electron chi connectivity index (χ0n) is 37.0. The first-order valence-corrected chi connectivity index (χ1v) is 20.9. The van der Waals surface area contributed by atoms with Crippen molar-refractivity contribution in [2.24, 2.45) is 29.6 Å². The summed E-state index contributed by atoms with van der Waals surface area (Å²) in [6.45, 7) is 19.2. The minimum absolute atomic E-state index is 0.0147. The Morgan fingerprint density at radius 1 is 0.912 bits per heavy atom. The van der Waals surface area contributed by atoms with Crippen LogP contribution in [0.1, 0.15) is 101 Å². The lowest BCUT2D eigenvalue weighted by atomic mass is 9.88. The second-order valence-electron chi connectivity index (χ2n) is 17.1. The van der Waals surface area contributed by atoms with E-state index < -0.39 is 54.4 Å². The van der Waals surface area contributed by atoms with Crippen LogP contribution < -0.4 is 10.1 Å². The summed E-state index contributed by atoms with van der Waals surface area (Å²) < 4.78 is 17.6. The molecule has 0 unspecified atom stereocenters. The number of amides is 3. The van der Waals surface area contributed by atoms with Crippen LogP contribution in [0.4, 0.5) is 0 Å². The topological polar surface area (TPSA) is 155 Å². The molecule has 2 N–H and O–H groups in total. The van der Waals surface area contributed by atoms with E-state index in [-0.39, 0.29) is 54.1 Å². The number of methoxy groups -OCH3 is 2. The zero-order valence-corrected chi connectivity index (χ0v) is 37.0. The molecule has 9 atom stereocenters. The van der Waals surface area contributed by atoms with Gasteiger partial charge in [-0.25, -0.2) is 4.79 Å². The van der Waals surface area contributed by atoms with Crippen molar-refractivity contribution >= 4 is 29.5 Å². The molecule has 0 spiro atoms. The molecule has 1 heterocycles. The molecular weight excluding hydrogens is 729 g/mol. The summed E-state index contributed by atoms with van der Waals surface area (Å²) in [7, 11) is 6.73. The highest BCUT2D eigenvalue weighted by atomic mass is 16.5. The number of para-hydroxylation sites is 1. The molecule has 1 aliphatic heterocycles. The van der Waals surface area contributed by atoms with Gasteiger partial charge in [0.15, 0.2) is 0 Å². The minimum Gasteiger partial charge on any atom is -0.478 e. The fourth-order valence-electron chi connectivity index (χ4n) is 8.14. The van der Waals surface area contributed by atoms with Gasteiger partial charge in [0, 0.05) is 33.7 Å². The molecule has 0 radical (unpaired) electrons. The molecule has 0 saturated carbocycles. The van der Waals surface area contributed by atoms with Gasteiger partial charge in [0.25, 0.3) is 0 Å². The lowest BCUT2D eigenvalue weighted by Crippen LogP contribution is -2.60. The summed E-state index contributed by atoms with van der Waals surface area (Å²) in [5.74, 6) is -2.30. The predicted octanol–water partition coefficient (Wildman–Crippen LogP) is 5.54. The molecule has 1 aromatic rings. The van der Waals surface area contributed by atoms with Crippen molar-refractivity contribution in [2.45, 2.75) is 143 Å². The average Bonchev–Trinajstić information content (AvgIpc) is 3.65. The highest BCUT2D eigenvalue weighted by molar-refractivity contribution is 5.90. The van der Waals surface area contributed by atoms with Crippen LogP contribution >= 0.6 is 0 Å². The van der Waals surface area contributed by atoms with Gasteiger partial charge in [-0.2, -0.15) is 0 Å². The molecule has 0 aromatic heterocycles. The van der Waals surface area contributed by atoms with Crippen LogP contribution in [0, 0.1) is 29.6 Å². The number of nitrogens with zero attached hydrogens (tertiary/aromatic N) is 3. The molecule has 1 aliphatic rings. The summed E-state index contributed by atoms with van der Waals surface area (Å²) in [5.41, 5.74) is 0. The normalized spacial score (nSPS) is 18.8. The van der Waals surface area contributed by atoms with E-state index in [2.05, 4.69) is 24.1 Å². The number of benzene rings is 1. The molecule has 1 saturated heterocycles. The number of ketones is 1. The Bertz CT molecular complexity index is 1420. The van der Waals surface area contributed by atoms with Crippen molar-refractivity contribution < 1.29 is 43.3 Å². The largest absolute Gasteiger partial charge is 0.478 e. The number of aliphatic carboxylic acids is 1. The van der Waals surface area contributed by atoms with Crippen molar-refractivity contribution in [1.82, 2.24) is 20.0 Å². The number of hydrogen-bond acceptors (Lipinski definition) is 9. The number of Topliss-reactive ketones (excluding diaryl/α,β-unsaturated/α-hetero) is 1.